The van der Waals surface area contributed by atoms with Gasteiger partial charge in [-0.2, -0.15) is 0 Å². The summed E-state index contributed by atoms with van der Waals surface area (Å²) in [4.78, 5) is 16.5. The van der Waals surface area contributed by atoms with Gasteiger partial charge in [0.15, 0.2) is 0 Å². The molecule has 2 aromatic carbocycles. The number of hydrogen-bond donors (Lipinski definition) is 3. The molecule has 7 heteroatoms. The molecule has 0 bridgehead atoms. The number of hydrogen-bond acceptors (Lipinski definition) is 3. The van der Waals surface area contributed by atoms with Gasteiger partial charge in [0.1, 0.15) is 0 Å². The summed E-state index contributed by atoms with van der Waals surface area (Å²) in [7, 11) is -3.42. The van der Waals surface area contributed by atoms with Crippen molar-refractivity contribution in [2.75, 3.05) is 11.9 Å². The molecule has 4 rings (SSSR count). The predicted molar refractivity (Wildman–Crippen MR) is 125 cm³/mol. The second-order valence-electron chi connectivity index (χ2n) is 8.21. The molecule has 162 valence electrons. The summed E-state index contributed by atoms with van der Waals surface area (Å²) >= 11 is 0. The van der Waals surface area contributed by atoms with Gasteiger partial charge < -0.3 is 10.3 Å². The number of aromatic amines is 1. The summed E-state index contributed by atoms with van der Waals surface area (Å²) in [6.07, 6.45) is 4.70. The van der Waals surface area contributed by atoms with Gasteiger partial charge in [-0.15, -0.1) is 6.58 Å². The summed E-state index contributed by atoms with van der Waals surface area (Å²) in [6, 6.07) is 12.7. The molecule has 0 spiro atoms. The van der Waals surface area contributed by atoms with E-state index in [2.05, 4.69) is 34.6 Å². The van der Waals surface area contributed by atoms with Crippen molar-refractivity contribution >= 4 is 32.5 Å². The third-order valence-corrected chi connectivity index (χ3v) is 7.05. The first-order valence-electron chi connectivity index (χ1n) is 10.5. The minimum atomic E-state index is -3.42. The topological polar surface area (TPSA) is 91.1 Å². The molecule has 3 aromatic rings. The number of benzene rings is 2. The molecule has 1 amide bonds. The zero-order chi connectivity index (χ0) is 22.0. The Balaban J connectivity index is 1.51. The van der Waals surface area contributed by atoms with Crippen LogP contribution in [0.15, 0.2) is 55.1 Å². The Bertz CT molecular complexity index is 1230. The van der Waals surface area contributed by atoms with E-state index in [0.717, 1.165) is 30.2 Å². The Labute approximate surface area is 182 Å². The number of carbonyl (C=O) groups is 1. The van der Waals surface area contributed by atoms with Crippen LogP contribution in [-0.2, 0) is 28.6 Å². The third-order valence-electron chi connectivity index (χ3n) is 5.73. The molecule has 31 heavy (non-hydrogen) atoms. The van der Waals surface area contributed by atoms with Gasteiger partial charge in [0, 0.05) is 23.3 Å². The maximum atomic E-state index is 13.0. The van der Waals surface area contributed by atoms with E-state index < -0.39 is 10.0 Å². The van der Waals surface area contributed by atoms with Crippen molar-refractivity contribution in [1.82, 2.24) is 9.71 Å². The number of anilines is 1. The first-order valence-corrected chi connectivity index (χ1v) is 12.1. The number of aryl methyl sites for hydroxylation is 1. The molecule has 0 radical (unpaired) electrons. The SMILES string of the molecule is C=CCNS(=O)(=O)Cc1ccc(NC(=O)c2cccc3c4c([nH]c23)CCC(C)C4)cc1. The fourth-order valence-corrected chi connectivity index (χ4v) is 5.25. The number of carbonyl (C=O) groups excluding carboxylic acids is 1. The van der Waals surface area contributed by atoms with E-state index in [1.54, 1.807) is 24.3 Å². The number of rotatable bonds is 7. The summed E-state index contributed by atoms with van der Waals surface area (Å²) in [5.41, 5.74) is 5.33. The number of nitrogens with one attached hydrogen (secondary N) is 3. The van der Waals surface area contributed by atoms with Gasteiger partial charge in [0.05, 0.1) is 16.8 Å². The molecule has 0 aliphatic heterocycles. The van der Waals surface area contributed by atoms with Crippen LogP contribution in [0.25, 0.3) is 10.9 Å². The lowest BCUT2D eigenvalue weighted by Gasteiger charge is -2.17. The Kier molecular flexibility index (Phi) is 5.98. The molecule has 1 aromatic heterocycles. The maximum Gasteiger partial charge on any atom is 0.257 e. The molecule has 3 N–H and O–H groups in total. The number of fused-ring (bicyclic) bond motifs is 3. The van der Waals surface area contributed by atoms with Gasteiger partial charge in [-0.3, -0.25) is 4.79 Å². The van der Waals surface area contributed by atoms with Gasteiger partial charge in [-0.25, -0.2) is 13.1 Å². The Morgan fingerprint density at radius 3 is 2.74 bits per heavy atom. The van der Waals surface area contributed by atoms with Gasteiger partial charge in [-0.1, -0.05) is 37.3 Å². The van der Waals surface area contributed by atoms with Crippen molar-refractivity contribution in [2.45, 2.75) is 31.9 Å². The Morgan fingerprint density at radius 1 is 1.23 bits per heavy atom. The molecule has 0 saturated heterocycles. The fourth-order valence-electron chi connectivity index (χ4n) is 4.14. The third kappa shape index (κ3) is 4.73. The molecule has 0 fully saturated rings. The van der Waals surface area contributed by atoms with Crippen LogP contribution < -0.4 is 10.0 Å². The largest absolute Gasteiger partial charge is 0.358 e. The predicted octanol–water partition coefficient (Wildman–Crippen LogP) is 4.15. The van der Waals surface area contributed by atoms with Crippen molar-refractivity contribution in [1.29, 1.82) is 0 Å². The van der Waals surface area contributed by atoms with Crippen LogP contribution in [-0.4, -0.2) is 25.9 Å². The van der Waals surface area contributed by atoms with E-state index in [-0.39, 0.29) is 18.2 Å². The van der Waals surface area contributed by atoms with Crippen LogP contribution in [0.2, 0.25) is 0 Å². The van der Waals surface area contributed by atoms with E-state index in [9.17, 15) is 13.2 Å². The van der Waals surface area contributed by atoms with E-state index in [4.69, 9.17) is 0 Å². The number of para-hydroxylation sites is 1. The maximum absolute atomic E-state index is 13.0. The second-order valence-corrected chi connectivity index (χ2v) is 10.0. The minimum absolute atomic E-state index is 0.124. The molecule has 6 nitrogen and oxygen atoms in total. The summed E-state index contributed by atoms with van der Waals surface area (Å²) in [5.74, 6) is 0.337. The van der Waals surface area contributed by atoms with Crippen molar-refractivity contribution in [3.63, 3.8) is 0 Å². The van der Waals surface area contributed by atoms with Gasteiger partial charge in [0.25, 0.3) is 5.91 Å². The monoisotopic (exact) mass is 437 g/mol. The average molecular weight is 438 g/mol. The van der Waals surface area contributed by atoms with Crippen molar-refractivity contribution in [2.24, 2.45) is 5.92 Å². The Hall–Kier alpha value is -2.90. The fraction of sp³-hybridized carbons (Fsp3) is 0.292. The summed E-state index contributed by atoms with van der Waals surface area (Å²) in [6.45, 7) is 5.97. The van der Waals surface area contributed by atoms with Crippen LogP contribution in [0.4, 0.5) is 5.69 Å². The molecule has 1 heterocycles. The van der Waals surface area contributed by atoms with Gasteiger partial charge in [0.2, 0.25) is 10.0 Å². The van der Waals surface area contributed by atoms with Crippen LogP contribution in [0.1, 0.15) is 40.5 Å². The van der Waals surface area contributed by atoms with E-state index >= 15 is 0 Å². The molecular weight excluding hydrogens is 410 g/mol. The summed E-state index contributed by atoms with van der Waals surface area (Å²) < 4.78 is 26.5. The zero-order valence-electron chi connectivity index (χ0n) is 17.6. The van der Waals surface area contributed by atoms with E-state index in [0.29, 0.717) is 22.7 Å². The van der Waals surface area contributed by atoms with Crippen molar-refractivity contribution in [3.8, 4) is 0 Å². The second kappa shape index (κ2) is 8.69. The first-order chi connectivity index (χ1) is 14.9. The molecule has 1 aliphatic rings. The smallest absolute Gasteiger partial charge is 0.257 e. The number of sulfonamides is 1. The van der Waals surface area contributed by atoms with E-state index in [1.807, 2.05) is 12.1 Å². The molecule has 1 unspecified atom stereocenters. The minimum Gasteiger partial charge on any atom is -0.358 e. The lowest BCUT2D eigenvalue weighted by molar-refractivity contribution is 0.102. The standard InChI is InChI=1S/C24H27N3O3S/c1-3-13-25-31(29,30)15-17-8-10-18(11-9-17)26-24(28)20-6-4-5-19-21-14-16(2)7-12-22(21)27-23(19)20/h3-6,8-11,16,25,27H,1,7,12-15H2,2H3,(H,26,28). The lowest BCUT2D eigenvalue weighted by atomic mass is 9.87. The molecule has 1 aliphatic carbocycles. The van der Waals surface area contributed by atoms with Crippen molar-refractivity contribution in [3.05, 3.63) is 77.5 Å². The molecule has 1 atom stereocenters. The van der Waals surface area contributed by atoms with E-state index in [1.165, 1.54) is 17.3 Å². The molecular formula is C24H27N3O3S. The highest BCUT2D eigenvalue weighted by Gasteiger charge is 2.22. The van der Waals surface area contributed by atoms with Gasteiger partial charge in [-0.05, 0) is 54.5 Å². The number of aromatic nitrogens is 1. The van der Waals surface area contributed by atoms with Gasteiger partial charge >= 0.3 is 0 Å². The highest BCUT2D eigenvalue weighted by atomic mass is 32.2. The number of amides is 1. The van der Waals surface area contributed by atoms with Crippen LogP contribution in [0, 0.1) is 5.92 Å². The zero-order valence-corrected chi connectivity index (χ0v) is 18.4. The normalized spacial score (nSPS) is 16.1. The number of H-pyrrole nitrogens is 1. The molecule has 0 saturated carbocycles. The highest BCUT2D eigenvalue weighted by Crippen LogP contribution is 2.33. The van der Waals surface area contributed by atoms with Crippen LogP contribution in [0.3, 0.4) is 0 Å². The quantitative estimate of drug-likeness (QED) is 0.485. The van der Waals surface area contributed by atoms with Crippen LogP contribution in [0.5, 0.6) is 0 Å². The van der Waals surface area contributed by atoms with Crippen LogP contribution >= 0.6 is 0 Å². The highest BCUT2D eigenvalue weighted by molar-refractivity contribution is 7.88. The first kappa shape index (κ1) is 21.3. The average Bonchev–Trinajstić information content (AvgIpc) is 3.11. The lowest BCUT2D eigenvalue weighted by Crippen LogP contribution is -2.25. The Morgan fingerprint density at radius 2 is 2.00 bits per heavy atom. The summed E-state index contributed by atoms with van der Waals surface area (Å²) in [5, 5.41) is 4.05. The van der Waals surface area contributed by atoms with Crippen molar-refractivity contribution < 1.29 is 13.2 Å².